The van der Waals surface area contributed by atoms with Gasteiger partial charge in [0.1, 0.15) is 0 Å². The van der Waals surface area contributed by atoms with Crippen molar-refractivity contribution in [1.82, 2.24) is 10.2 Å². The van der Waals surface area contributed by atoms with Gasteiger partial charge in [0.15, 0.2) is 6.10 Å². The monoisotopic (exact) mass is 298 g/mol. The molecule has 4 nitrogen and oxygen atoms in total. The van der Waals surface area contributed by atoms with Gasteiger partial charge in [-0.25, -0.2) is 0 Å². The number of hydrogen-bond donors (Lipinski definition) is 2. The van der Waals surface area contributed by atoms with Gasteiger partial charge in [-0.1, -0.05) is 54.6 Å². The molecule has 0 spiro atoms. The Morgan fingerprint density at radius 3 is 2.27 bits per heavy atom. The van der Waals surface area contributed by atoms with E-state index in [1.807, 2.05) is 38.4 Å². The fraction of sp³-hybridized carbons (Fsp3) is 0.278. The van der Waals surface area contributed by atoms with E-state index in [-0.39, 0.29) is 5.91 Å². The molecule has 2 aromatic carbocycles. The maximum atomic E-state index is 12.1. The molecule has 22 heavy (non-hydrogen) atoms. The van der Waals surface area contributed by atoms with Crippen LogP contribution < -0.4 is 5.32 Å². The van der Waals surface area contributed by atoms with Gasteiger partial charge in [-0.05, 0) is 30.8 Å². The molecule has 0 radical (unpaired) electrons. The molecule has 2 aromatic rings. The Labute approximate surface area is 131 Å². The Hall–Kier alpha value is -2.17. The molecule has 0 saturated carbocycles. The second kappa shape index (κ2) is 7.73. The van der Waals surface area contributed by atoms with Gasteiger partial charge in [0.25, 0.3) is 5.91 Å². The van der Waals surface area contributed by atoms with Gasteiger partial charge in [0, 0.05) is 13.1 Å². The molecule has 0 aromatic heterocycles. The minimum absolute atomic E-state index is 0.383. The van der Waals surface area contributed by atoms with Gasteiger partial charge in [-0.3, -0.25) is 4.79 Å². The Kier molecular flexibility index (Phi) is 5.69. The minimum atomic E-state index is -1.14. The third kappa shape index (κ3) is 4.41. The van der Waals surface area contributed by atoms with Crippen molar-refractivity contribution in [2.75, 3.05) is 14.1 Å². The first-order chi connectivity index (χ1) is 10.6. The Balaban J connectivity index is 1.99. The van der Waals surface area contributed by atoms with Gasteiger partial charge in [-0.15, -0.1) is 0 Å². The van der Waals surface area contributed by atoms with Crippen LogP contribution in [0.3, 0.4) is 0 Å². The van der Waals surface area contributed by atoms with Crippen LogP contribution >= 0.6 is 0 Å². The minimum Gasteiger partial charge on any atom is -0.378 e. The number of aliphatic hydroxyl groups excluding tert-OH is 1. The van der Waals surface area contributed by atoms with Crippen molar-refractivity contribution in [1.29, 1.82) is 0 Å². The van der Waals surface area contributed by atoms with Gasteiger partial charge >= 0.3 is 0 Å². The highest BCUT2D eigenvalue weighted by molar-refractivity contribution is 5.81. The van der Waals surface area contributed by atoms with Gasteiger partial charge in [0.2, 0.25) is 0 Å². The van der Waals surface area contributed by atoms with Gasteiger partial charge < -0.3 is 15.3 Å². The third-order valence-corrected chi connectivity index (χ3v) is 3.42. The topological polar surface area (TPSA) is 52.6 Å². The largest absolute Gasteiger partial charge is 0.378 e. The molecule has 0 aliphatic rings. The molecule has 0 heterocycles. The lowest BCUT2D eigenvalue weighted by Gasteiger charge is -2.16. The standard InChI is InChI=1S/C18H22N2O2/c1-20(2)13-16-11-7-6-10-15(16)12-19-18(22)17(21)14-8-4-3-5-9-14/h3-11,17,21H,12-13H2,1-2H3,(H,19,22). The molecule has 4 heteroatoms. The number of hydrogen-bond acceptors (Lipinski definition) is 3. The second-order valence-electron chi connectivity index (χ2n) is 5.54. The number of aliphatic hydroxyl groups is 1. The average molecular weight is 298 g/mol. The van der Waals surface area contributed by atoms with Crippen molar-refractivity contribution in [3.05, 3.63) is 71.3 Å². The number of amides is 1. The van der Waals surface area contributed by atoms with E-state index in [0.29, 0.717) is 12.1 Å². The number of nitrogens with one attached hydrogen (secondary N) is 1. The molecule has 1 unspecified atom stereocenters. The van der Waals surface area contributed by atoms with Crippen LogP contribution in [0.15, 0.2) is 54.6 Å². The van der Waals surface area contributed by atoms with E-state index in [9.17, 15) is 9.90 Å². The molecular formula is C18H22N2O2. The third-order valence-electron chi connectivity index (χ3n) is 3.42. The van der Waals surface area contributed by atoms with Crippen LogP contribution in [0.4, 0.5) is 0 Å². The summed E-state index contributed by atoms with van der Waals surface area (Å²) in [6.45, 7) is 1.22. The van der Waals surface area contributed by atoms with Crippen LogP contribution in [0.2, 0.25) is 0 Å². The fourth-order valence-electron chi connectivity index (χ4n) is 2.29. The molecule has 1 amide bonds. The van der Waals surface area contributed by atoms with Crippen LogP contribution in [0.1, 0.15) is 22.8 Å². The molecule has 0 bridgehead atoms. The first-order valence-corrected chi connectivity index (χ1v) is 7.30. The van der Waals surface area contributed by atoms with Crippen LogP contribution in [0, 0.1) is 0 Å². The van der Waals surface area contributed by atoms with Crippen molar-refractivity contribution in [3.63, 3.8) is 0 Å². The van der Waals surface area contributed by atoms with Crippen LogP contribution in [0.5, 0.6) is 0 Å². The van der Waals surface area contributed by atoms with Crippen LogP contribution in [0.25, 0.3) is 0 Å². The molecule has 0 saturated heterocycles. The Bertz CT molecular complexity index is 611. The van der Waals surface area contributed by atoms with Crippen molar-refractivity contribution in [2.24, 2.45) is 0 Å². The lowest BCUT2D eigenvalue weighted by Crippen LogP contribution is -2.29. The molecule has 0 aliphatic heterocycles. The zero-order valence-electron chi connectivity index (χ0n) is 13.0. The highest BCUT2D eigenvalue weighted by Crippen LogP contribution is 2.14. The Morgan fingerprint density at radius 2 is 1.64 bits per heavy atom. The van der Waals surface area contributed by atoms with E-state index >= 15 is 0 Å². The zero-order valence-corrected chi connectivity index (χ0v) is 13.0. The van der Waals surface area contributed by atoms with E-state index in [2.05, 4.69) is 16.3 Å². The summed E-state index contributed by atoms with van der Waals surface area (Å²) < 4.78 is 0. The first kappa shape index (κ1) is 16.2. The molecule has 2 rings (SSSR count). The van der Waals surface area contributed by atoms with Crippen molar-refractivity contribution < 1.29 is 9.90 Å². The first-order valence-electron chi connectivity index (χ1n) is 7.30. The van der Waals surface area contributed by atoms with Crippen LogP contribution in [-0.2, 0) is 17.9 Å². The average Bonchev–Trinajstić information content (AvgIpc) is 2.53. The summed E-state index contributed by atoms with van der Waals surface area (Å²) in [7, 11) is 4.02. The SMILES string of the molecule is CN(C)Cc1ccccc1CNC(=O)C(O)c1ccccc1. The van der Waals surface area contributed by atoms with E-state index < -0.39 is 6.10 Å². The van der Waals surface area contributed by atoms with Crippen molar-refractivity contribution >= 4 is 5.91 Å². The smallest absolute Gasteiger partial charge is 0.253 e. The van der Waals surface area contributed by atoms with E-state index in [1.165, 1.54) is 5.56 Å². The highest BCUT2D eigenvalue weighted by Gasteiger charge is 2.16. The molecule has 2 N–H and O–H groups in total. The molecular weight excluding hydrogens is 276 g/mol. The van der Waals surface area contributed by atoms with E-state index in [4.69, 9.17) is 0 Å². The number of rotatable bonds is 6. The van der Waals surface area contributed by atoms with Crippen molar-refractivity contribution in [2.45, 2.75) is 19.2 Å². The highest BCUT2D eigenvalue weighted by atomic mass is 16.3. The van der Waals surface area contributed by atoms with Gasteiger partial charge in [0.05, 0.1) is 0 Å². The summed E-state index contributed by atoms with van der Waals surface area (Å²) in [5, 5.41) is 12.9. The lowest BCUT2D eigenvalue weighted by molar-refractivity contribution is -0.129. The maximum absolute atomic E-state index is 12.1. The van der Waals surface area contributed by atoms with Crippen molar-refractivity contribution in [3.8, 4) is 0 Å². The Morgan fingerprint density at radius 1 is 1.05 bits per heavy atom. The summed E-state index contributed by atoms with van der Waals surface area (Å²) in [6.07, 6.45) is -1.14. The number of nitrogens with zero attached hydrogens (tertiary/aromatic N) is 1. The number of benzene rings is 2. The summed E-state index contributed by atoms with van der Waals surface area (Å²) in [6, 6.07) is 16.9. The van der Waals surface area contributed by atoms with E-state index in [0.717, 1.165) is 12.1 Å². The van der Waals surface area contributed by atoms with Crippen LogP contribution in [-0.4, -0.2) is 30.0 Å². The fourth-order valence-corrected chi connectivity index (χ4v) is 2.29. The van der Waals surface area contributed by atoms with E-state index in [1.54, 1.807) is 24.3 Å². The maximum Gasteiger partial charge on any atom is 0.253 e. The lowest BCUT2D eigenvalue weighted by atomic mass is 10.1. The second-order valence-corrected chi connectivity index (χ2v) is 5.54. The zero-order chi connectivity index (χ0) is 15.9. The summed E-state index contributed by atoms with van der Waals surface area (Å²) in [4.78, 5) is 14.2. The normalized spacial score (nSPS) is 12.2. The quantitative estimate of drug-likeness (QED) is 0.858. The summed E-state index contributed by atoms with van der Waals surface area (Å²) in [5.41, 5.74) is 2.83. The molecule has 1 atom stereocenters. The predicted molar refractivity (Wildman–Crippen MR) is 87.1 cm³/mol. The summed E-state index contributed by atoms with van der Waals surface area (Å²) >= 11 is 0. The molecule has 0 fully saturated rings. The van der Waals surface area contributed by atoms with Gasteiger partial charge in [-0.2, -0.15) is 0 Å². The molecule has 0 aliphatic carbocycles. The number of carbonyl (C=O) groups is 1. The predicted octanol–water partition coefficient (Wildman–Crippen LogP) is 2.10. The molecule has 116 valence electrons. The summed E-state index contributed by atoms with van der Waals surface area (Å²) in [5.74, 6) is -0.383. The number of carbonyl (C=O) groups excluding carboxylic acids is 1.